The quantitative estimate of drug-likeness (QED) is 0.645. The summed E-state index contributed by atoms with van der Waals surface area (Å²) in [6.45, 7) is 2.00. The van der Waals surface area contributed by atoms with Gasteiger partial charge in [0.1, 0.15) is 17.2 Å². The second-order valence-electron chi connectivity index (χ2n) is 5.75. The number of aryl methyl sites for hydroxylation is 1. The average molecular weight is 348 g/mol. The predicted octanol–water partition coefficient (Wildman–Crippen LogP) is 5.44. The number of carbonyl (C=O) groups is 1. The highest BCUT2D eigenvalue weighted by Crippen LogP contribution is 2.25. The zero-order valence-corrected chi connectivity index (χ0v) is 14.7. The van der Waals surface area contributed by atoms with E-state index >= 15 is 0 Å². The molecule has 0 aromatic heterocycles. The van der Waals surface area contributed by atoms with Crippen LogP contribution in [-0.4, -0.2) is 13.1 Å². The van der Waals surface area contributed by atoms with Gasteiger partial charge in [0, 0.05) is 11.4 Å². The van der Waals surface area contributed by atoms with Crippen LogP contribution in [0.2, 0.25) is 0 Å². The normalized spacial score (nSPS) is 10.1. The zero-order chi connectivity index (χ0) is 18.4. The number of hydrogen-bond acceptors (Lipinski definition) is 3. The minimum Gasteiger partial charge on any atom is -0.497 e. The Kier molecular flexibility index (Phi) is 5.39. The molecule has 0 atom stereocenters. The molecule has 5 nitrogen and oxygen atoms in total. The topological polar surface area (TPSA) is 59.6 Å². The second-order valence-corrected chi connectivity index (χ2v) is 5.75. The fraction of sp³-hybridized carbons (Fsp3) is 0.0952. The van der Waals surface area contributed by atoms with E-state index in [0.29, 0.717) is 17.2 Å². The van der Waals surface area contributed by atoms with Crippen molar-refractivity contribution < 1.29 is 14.3 Å². The summed E-state index contributed by atoms with van der Waals surface area (Å²) in [6.07, 6.45) is 0. The highest BCUT2D eigenvalue weighted by molar-refractivity contribution is 5.99. The van der Waals surface area contributed by atoms with Gasteiger partial charge in [0.25, 0.3) is 0 Å². The van der Waals surface area contributed by atoms with Crippen LogP contribution in [0.15, 0.2) is 72.8 Å². The number of hydrogen-bond donors (Lipinski definition) is 2. The first kappa shape index (κ1) is 17.4. The van der Waals surface area contributed by atoms with E-state index in [4.69, 9.17) is 9.47 Å². The Morgan fingerprint density at radius 3 is 1.62 bits per heavy atom. The van der Waals surface area contributed by atoms with Crippen molar-refractivity contribution in [1.82, 2.24) is 0 Å². The Hall–Kier alpha value is -3.47. The Morgan fingerprint density at radius 1 is 0.692 bits per heavy atom. The lowest BCUT2D eigenvalue weighted by molar-refractivity contribution is 0.262. The van der Waals surface area contributed by atoms with Crippen molar-refractivity contribution in [2.24, 2.45) is 0 Å². The molecule has 2 N–H and O–H groups in total. The molecule has 0 aliphatic rings. The Morgan fingerprint density at radius 2 is 1.12 bits per heavy atom. The minimum absolute atomic E-state index is 0.294. The Labute approximate surface area is 152 Å². The van der Waals surface area contributed by atoms with Crippen LogP contribution in [0.1, 0.15) is 5.56 Å². The van der Waals surface area contributed by atoms with E-state index in [0.717, 1.165) is 17.0 Å². The van der Waals surface area contributed by atoms with Gasteiger partial charge in [-0.15, -0.1) is 0 Å². The molecule has 2 amide bonds. The Bertz CT molecular complexity index is 857. The van der Waals surface area contributed by atoms with Crippen LogP contribution in [0.5, 0.6) is 17.2 Å². The summed E-state index contributed by atoms with van der Waals surface area (Å²) in [5.41, 5.74) is 2.56. The SMILES string of the molecule is COc1ccc(Oc2ccc(NC(=O)Nc3ccc(C)cc3)cc2)cc1. The van der Waals surface area contributed by atoms with Crippen molar-refractivity contribution in [2.45, 2.75) is 6.92 Å². The van der Waals surface area contributed by atoms with Gasteiger partial charge in [-0.2, -0.15) is 0 Å². The van der Waals surface area contributed by atoms with Crippen LogP contribution in [0.3, 0.4) is 0 Å². The minimum atomic E-state index is -0.294. The standard InChI is InChI=1S/C21H20N2O3/c1-15-3-5-16(6-4-15)22-21(24)23-17-7-9-19(10-8-17)26-20-13-11-18(25-2)12-14-20/h3-14H,1-2H3,(H2,22,23,24). The molecule has 26 heavy (non-hydrogen) atoms. The third-order valence-corrected chi connectivity index (χ3v) is 3.72. The van der Waals surface area contributed by atoms with E-state index < -0.39 is 0 Å². The van der Waals surface area contributed by atoms with Gasteiger partial charge in [-0.05, 0) is 67.6 Å². The first-order valence-electron chi connectivity index (χ1n) is 8.19. The number of benzene rings is 3. The van der Waals surface area contributed by atoms with Crippen LogP contribution in [0.25, 0.3) is 0 Å². The first-order chi connectivity index (χ1) is 12.6. The van der Waals surface area contributed by atoms with Crippen LogP contribution in [0, 0.1) is 6.92 Å². The number of ether oxygens (including phenoxy) is 2. The second kappa shape index (κ2) is 8.07. The van der Waals surface area contributed by atoms with E-state index in [-0.39, 0.29) is 6.03 Å². The van der Waals surface area contributed by atoms with Crippen LogP contribution < -0.4 is 20.1 Å². The smallest absolute Gasteiger partial charge is 0.323 e. The van der Waals surface area contributed by atoms with E-state index in [9.17, 15) is 4.79 Å². The molecule has 0 unspecified atom stereocenters. The van der Waals surface area contributed by atoms with Gasteiger partial charge in [-0.1, -0.05) is 17.7 Å². The molecular formula is C21H20N2O3. The van der Waals surface area contributed by atoms with Gasteiger partial charge >= 0.3 is 6.03 Å². The van der Waals surface area contributed by atoms with E-state index in [1.807, 2.05) is 55.5 Å². The number of methoxy groups -OCH3 is 1. The van der Waals surface area contributed by atoms with E-state index in [1.54, 1.807) is 31.4 Å². The molecule has 3 aromatic carbocycles. The van der Waals surface area contributed by atoms with Crippen molar-refractivity contribution in [3.8, 4) is 17.2 Å². The summed E-state index contributed by atoms with van der Waals surface area (Å²) in [5, 5.41) is 5.58. The van der Waals surface area contributed by atoms with Gasteiger partial charge in [0.15, 0.2) is 0 Å². The fourth-order valence-corrected chi connectivity index (χ4v) is 2.32. The molecule has 0 saturated heterocycles. The lowest BCUT2D eigenvalue weighted by Crippen LogP contribution is -2.19. The molecule has 0 radical (unpaired) electrons. The van der Waals surface area contributed by atoms with Crippen LogP contribution in [0.4, 0.5) is 16.2 Å². The van der Waals surface area contributed by atoms with Gasteiger partial charge in [-0.3, -0.25) is 0 Å². The maximum atomic E-state index is 12.0. The van der Waals surface area contributed by atoms with Crippen molar-refractivity contribution in [3.63, 3.8) is 0 Å². The molecule has 0 heterocycles. The number of anilines is 2. The molecule has 5 heteroatoms. The predicted molar refractivity (Wildman–Crippen MR) is 103 cm³/mol. The summed E-state index contributed by atoms with van der Waals surface area (Å²) < 4.78 is 10.9. The van der Waals surface area contributed by atoms with Crippen LogP contribution >= 0.6 is 0 Å². The number of carbonyl (C=O) groups excluding carboxylic acids is 1. The maximum absolute atomic E-state index is 12.0. The number of urea groups is 1. The fourth-order valence-electron chi connectivity index (χ4n) is 2.32. The summed E-state index contributed by atoms with van der Waals surface area (Å²) >= 11 is 0. The maximum Gasteiger partial charge on any atom is 0.323 e. The molecular weight excluding hydrogens is 328 g/mol. The average Bonchev–Trinajstić information content (AvgIpc) is 2.66. The zero-order valence-electron chi connectivity index (χ0n) is 14.7. The molecule has 0 saturated carbocycles. The summed E-state index contributed by atoms with van der Waals surface area (Å²) in [7, 11) is 1.62. The molecule has 0 spiro atoms. The monoisotopic (exact) mass is 348 g/mol. The lowest BCUT2D eigenvalue weighted by atomic mass is 10.2. The molecule has 132 valence electrons. The summed E-state index contributed by atoms with van der Waals surface area (Å²) in [4.78, 5) is 12.0. The van der Waals surface area contributed by atoms with E-state index in [2.05, 4.69) is 10.6 Å². The molecule has 0 bridgehead atoms. The number of rotatable bonds is 5. The van der Waals surface area contributed by atoms with Gasteiger partial charge < -0.3 is 20.1 Å². The molecule has 0 aliphatic carbocycles. The van der Waals surface area contributed by atoms with E-state index in [1.165, 1.54) is 0 Å². The third-order valence-electron chi connectivity index (χ3n) is 3.72. The van der Waals surface area contributed by atoms with Crippen molar-refractivity contribution >= 4 is 17.4 Å². The first-order valence-corrected chi connectivity index (χ1v) is 8.19. The molecule has 0 aliphatic heterocycles. The molecule has 3 rings (SSSR count). The largest absolute Gasteiger partial charge is 0.497 e. The van der Waals surface area contributed by atoms with Crippen molar-refractivity contribution in [1.29, 1.82) is 0 Å². The summed E-state index contributed by atoms with van der Waals surface area (Å²) in [6, 6.07) is 21.8. The lowest BCUT2D eigenvalue weighted by Gasteiger charge is -2.10. The highest BCUT2D eigenvalue weighted by atomic mass is 16.5. The molecule has 0 fully saturated rings. The number of amides is 2. The molecule has 3 aromatic rings. The summed E-state index contributed by atoms with van der Waals surface area (Å²) in [5.74, 6) is 2.17. The van der Waals surface area contributed by atoms with Crippen LogP contribution in [-0.2, 0) is 0 Å². The number of nitrogens with one attached hydrogen (secondary N) is 2. The Balaban J connectivity index is 1.56. The van der Waals surface area contributed by atoms with Crippen molar-refractivity contribution in [3.05, 3.63) is 78.4 Å². The van der Waals surface area contributed by atoms with Crippen molar-refractivity contribution in [2.75, 3.05) is 17.7 Å². The van der Waals surface area contributed by atoms with Gasteiger partial charge in [0.05, 0.1) is 7.11 Å². The highest BCUT2D eigenvalue weighted by Gasteiger charge is 2.04. The van der Waals surface area contributed by atoms with Gasteiger partial charge in [-0.25, -0.2) is 4.79 Å². The van der Waals surface area contributed by atoms with Gasteiger partial charge in [0.2, 0.25) is 0 Å². The third kappa shape index (κ3) is 4.77.